The zero-order chi connectivity index (χ0) is 18.5. The summed E-state index contributed by atoms with van der Waals surface area (Å²) >= 11 is 0. The fraction of sp³-hybridized carbons (Fsp3) is 0.667. The van der Waals surface area contributed by atoms with E-state index >= 15 is 0 Å². The van der Waals surface area contributed by atoms with Crippen molar-refractivity contribution in [2.45, 2.75) is 59.3 Å². The van der Waals surface area contributed by atoms with Gasteiger partial charge in [0.05, 0.1) is 17.3 Å². The van der Waals surface area contributed by atoms with Crippen molar-refractivity contribution in [3.05, 3.63) is 17.8 Å². The van der Waals surface area contributed by atoms with E-state index in [1.165, 1.54) is 19.3 Å². The first-order valence-electron chi connectivity index (χ1n) is 9.93. The lowest BCUT2D eigenvalue weighted by Crippen LogP contribution is -2.51. The molecule has 0 spiro atoms. The van der Waals surface area contributed by atoms with Crippen LogP contribution in [-0.2, 0) is 9.59 Å². The molecule has 4 fully saturated rings. The van der Waals surface area contributed by atoms with Gasteiger partial charge in [-0.1, -0.05) is 13.8 Å². The molecule has 1 aromatic heterocycles. The standard InChI is InChI=1S/C21H29N3O2/c1-12(2)19(25)24-18-4-13(3)17(11-22-18)23-20(26)21-8-14-5-15(9-21)7-16(6-14)10-21/h4,11-12,14-16H,5-10H2,1-3H3,(H,23,26)(H,22,24,25). The monoisotopic (exact) mass is 355 g/mol. The highest BCUT2D eigenvalue weighted by atomic mass is 16.2. The maximum Gasteiger partial charge on any atom is 0.230 e. The Morgan fingerprint density at radius 1 is 1.08 bits per heavy atom. The van der Waals surface area contributed by atoms with Crippen molar-refractivity contribution in [1.29, 1.82) is 0 Å². The number of carbonyl (C=O) groups excluding carboxylic acids is 2. The van der Waals surface area contributed by atoms with Gasteiger partial charge in [0.25, 0.3) is 0 Å². The van der Waals surface area contributed by atoms with E-state index < -0.39 is 0 Å². The molecule has 0 unspecified atom stereocenters. The molecule has 0 atom stereocenters. The molecular weight excluding hydrogens is 326 g/mol. The summed E-state index contributed by atoms with van der Waals surface area (Å²) in [6.45, 7) is 5.65. The van der Waals surface area contributed by atoms with Gasteiger partial charge in [-0.2, -0.15) is 0 Å². The van der Waals surface area contributed by atoms with E-state index in [9.17, 15) is 9.59 Å². The maximum atomic E-state index is 13.2. The molecule has 0 radical (unpaired) electrons. The molecule has 140 valence electrons. The van der Waals surface area contributed by atoms with Crippen molar-refractivity contribution in [2.75, 3.05) is 10.6 Å². The minimum absolute atomic E-state index is 0.0535. The van der Waals surface area contributed by atoms with Crippen LogP contribution in [0.25, 0.3) is 0 Å². The average molecular weight is 355 g/mol. The molecule has 0 saturated heterocycles. The molecule has 1 aromatic rings. The first-order chi connectivity index (χ1) is 12.3. The van der Waals surface area contributed by atoms with Crippen molar-refractivity contribution in [3.8, 4) is 0 Å². The van der Waals surface area contributed by atoms with E-state index in [0.29, 0.717) is 5.82 Å². The van der Waals surface area contributed by atoms with Crippen LogP contribution in [0.1, 0.15) is 57.9 Å². The van der Waals surface area contributed by atoms with Crippen LogP contribution in [-0.4, -0.2) is 16.8 Å². The Bertz CT molecular complexity index is 705. The minimum atomic E-state index is -0.161. The Morgan fingerprint density at radius 2 is 1.65 bits per heavy atom. The summed E-state index contributed by atoms with van der Waals surface area (Å²) in [6, 6.07) is 1.83. The van der Waals surface area contributed by atoms with Crippen molar-refractivity contribution < 1.29 is 9.59 Å². The molecule has 5 rings (SSSR count). The largest absolute Gasteiger partial charge is 0.324 e. The Kier molecular flexibility index (Phi) is 4.28. The molecule has 4 aliphatic rings. The van der Waals surface area contributed by atoms with Gasteiger partial charge in [-0.15, -0.1) is 0 Å². The third-order valence-electron chi connectivity index (χ3n) is 6.65. The maximum absolute atomic E-state index is 13.2. The predicted octanol–water partition coefficient (Wildman–Crippen LogP) is 4.14. The lowest BCUT2D eigenvalue weighted by atomic mass is 9.49. The minimum Gasteiger partial charge on any atom is -0.324 e. The Balaban J connectivity index is 1.47. The lowest BCUT2D eigenvalue weighted by molar-refractivity contribution is -0.140. The summed E-state index contributed by atoms with van der Waals surface area (Å²) in [5.41, 5.74) is 1.52. The molecular formula is C21H29N3O2. The first-order valence-corrected chi connectivity index (χ1v) is 9.93. The summed E-state index contributed by atoms with van der Waals surface area (Å²) in [5, 5.41) is 5.96. The van der Waals surface area contributed by atoms with Crippen molar-refractivity contribution in [2.24, 2.45) is 29.1 Å². The number of hydrogen-bond acceptors (Lipinski definition) is 3. The summed E-state index contributed by atoms with van der Waals surface area (Å²) < 4.78 is 0. The zero-order valence-corrected chi connectivity index (χ0v) is 16.0. The molecule has 26 heavy (non-hydrogen) atoms. The third kappa shape index (κ3) is 3.12. The van der Waals surface area contributed by atoms with E-state index in [1.54, 1.807) is 6.20 Å². The zero-order valence-electron chi connectivity index (χ0n) is 16.0. The number of rotatable bonds is 4. The Morgan fingerprint density at radius 3 is 2.15 bits per heavy atom. The van der Waals surface area contributed by atoms with Gasteiger partial charge in [0, 0.05) is 5.92 Å². The fourth-order valence-corrected chi connectivity index (χ4v) is 5.67. The molecule has 1 heterocycles. The highest BCUT2D eigenvalue weighted by Crippen LogP contribution is 2.60. The number of pyridine rings is 1. The smallest absolute Gasteiger partial charge is 0.230 e. The van der Waals surface area contributed by atoms with E-state index in [1.807, 2.05) is 26.8 Å². The molecule has 0 aromatic carbocycles. The Labute approximate surface area is 155 Å². The number of carbonyl (C=O) groups is 2. The lowest BCUT2D eigenvalue weighted by Gasteiger charge is -2.55. The fourth-order valence-electron chi connectivity index (χ4n) is 5.67. The number of nitrogens with zero attached hydrogens (tertiary/aromatic N) is 1. The second-order valence-corrected chi connectivity index (χ2v) is 9.18. The number of aromatic nitrogens is 1. The number of anilines is 2. The van der Waals surface area contributed by atoms with Crippen LogP contribution in [0.2, 0.25) is 0 Å². The summed E-state index contributed by atoms with van der Waals surface area (Å²) in [6.07, 6.45) is 8.83. The van der Waals surface area contributed by atoms with Gasteiger partial charge < -0.3 is 10.6 Å². The van der Waals surface area contributed by atoms with E-state index in [0.717, 1.165) is 48.3 Å². The second-order valence-electron chi connectivity index (χ2n) is 9.18. The van der Waals surface area contributed by atoms with E-state index in [2.05, 4.69) is 15.6 Å². The Hall–Kier alpha value is -1.91. The van der Waals surface area contributed by atoms with E-state index in [4.69, 9.17) is 0 Å². The molecule has 0 aliphatic heterocycles. The van der Waals surface area contributed by atoms with Crippen molar-refractivity contribution >= 4 is 23.3 Å². The molecule has 5 heteroatoms. The predicted molar refractivity (Wildman–Crippen MR) is 102 cm³/mol. The molecule has 5 nitrogen and oxygen atoms in total. The summed E-state index contributed by atoms with van der Waals surface area (Å²) in [5.74, 6) is 2.82. The average Bonchev–Trinajstić information content (AvgIpc) is 2.55. The number of aryl methyl sites for hydroxylation is 1. The van der Waals surface area contributed by atoms with Gasteiger partial charge in [0.1, 0.15) is 5.82 Å². The van der Waals surface area contributed by atoms with Gasteiger partial charge in [-0.3, -0.25) is 9.59 Å². The summed E-state index contributed by atoms with van der Waals surface area (Å²) in [7, 11) is 0. The highest BCUT2D eigenvalue weighted by molar-refractivity contribution is 5.96. The highest BCUT2D eigenvalue weighted by Gasteiger charge is 2.54. The molecule has 2 amide bonds. The van der Waals surface area contributed by atoms with Crippen LogP contribution in [0.3, 0.4) is 0 Å². The molecule has 4 saturated carbocycles. The van der Waals surface area contributed by atoms with Crippen LogP contribution in [0.15, 0.2) is 12.3 Å². The quantitative estimate of drug-likeness (QED) is 0.853. The van der Waals surface area contributed by atoms with Crippen molar-refractivity contribution in [1.82, 2.24) is 4.98 Å². The molecule has 4 aliphatic carbocycles. The number of amides is 2. The SMILES string of the molecule is Cc1cc(NC(=O)C(C)C)ncc1NC(=O)C12CC3CC(CC(C3)C1)C2. The van der Waals surface area contributed by atoms with Crippen LogP contribution in [0, 0.1) is 36.0 Å². The van der Waals surface area contributed by atoms with Crippen LogP contribution >= 0.6 is 0 Å². The number of nitrogens with one attached hydrogen (secondary N) is 2. The van der Waals surface area contributed by atoms with Gasteiger partial charge in [-0.25, -0.2) is 4.98 Å². The first kappa shape index (κ1) is 17.5. The van der Waals surface area contributed by atoms with Gasteiger partial charge >= 0.3 is 0 Å². The number of hydrogen-bond donors (Lipinski definition) is 2. The second kappa shape index (κ2) is 6.36. The van der Waals surface area contributed by atoms with Gasteiger partial charge in [0.15, 0.2) is 0 Å². The normalized spacial score (nSPS) is 31.9. The van der Waals surface area contributed by atoms with Crippen LogP contribution < -0.4 is 10.6 Å². The van der Waals surface area contributed by atoms with Gasteiger partial charge in [-0.05, 0) is 74.8 Å². The van der Waals surface area contributed by atoms with Gasteiger partial charge in [0.2, 0.25) is 11.8 Å². The molecule has 2 N–H and O–H groups in total. The van der Waals surface area contributed by atoms with Crippen LogP contribution in [0.5, 0.6) is 0 Å². The molecule has 4 bridgehead atoms. The third-order valence-corrected chi connectivity index (χ3v) is 6.65. The van der Waals surface area contributed by atoms with Crippen molar-refractivity contribution in [3.63, 3.8) is 0 Å². The van der Waals surface area contributed by atoms with E-state index in [-0.39, 0.29) is 23.1 Å². The summed E-state index contributed by atoms with van der Waals surface area (Å²) in [4.78, 5) is 29.3. The topological polar surface area (TPSA) is 71.1 Å². The van der Waals surface area contributed by atoms with Crippen LogP contribution in [0.4, 0.5) is 11.5 Å².